The Kier molecular flexibility index (Phi) is 6.17. The first kappa shape index (κ1) is 15.3. The van der Waals surface area contributed by atoms with E-state index in [9.17, 15) is 4.79 Å². The van der Waals surface area contributed by atoms with E-state index in [1.165, 1.54) is 6.20 Å². The predicted molar refractivity (Wildman–Crippen MR) is 78.2 cm³/mol. The minimum absolute atomic E-state index is 0.379. The Morgan fingerprint density at radius 1 is 1.42 bits per heavy atom. The lowest BCUT2D eigenvalue weighted by atomic mass is 10.2. The Bertz CT molecular complexity index is 436. The summed E-state index contributed by atoms with van der Waals surface area (Å²) in [7, 11) is 1.63. The minimum atomic E-state index is -0.495. The molecule has 6 nitrogen and oxygen atoms in total. The summed E-state index contributed by atoms with van der Waals surface area (Å²) in [6, 6.07) is 3.39. The molecular formula is C12H18N4O2S. The van der Waals surface area contributed by atoms with E-state index in [2.05, 4.69) is 4.98 Å². The van der Waals surface area contributed by atoms with E-state index in [0.717, 1.165) is 5.82 Å². The van der Waals surface area contributed by atoms with Crippen LogP contribution in [0, 0.1) is 0 Å². The van der Waals surface area contributed by atoms with Gasteiger partial charge in [-0.05, 0) is 12.1 Å². The number of hydrogen-bond acceptors (Lipinski definition) is 5. The Morgan fingerprint density at radius 2 is 2.16 bits per heavy atom. The molecule has 0 fully saturated rings. The number of carbonyl (C=O) groups is 1. The van der Waals surface area contributed by atoms with Gasteiger partial charge in [-0.1, -0.05) is 12.2 Å². The second-order valence-electron chi connectivity index (χ2n) is 3.97. The van der Waals surface area contributed by atoms with Gasteiger partial charge in [0.05, 0.1) is 17.2 Å². The van der Waals surface area contributed by atoms with Crippen LogP contribution in [0.5, 0.6) is 0 Å². The largest absolute Gasteiger partial charge is 0.393 e. The molecule has 1 aromatic heterocycles. The lowest BCUT2D eigenvalue weighted by Crippen LogP contribution is -2.31. The summed E-state index contributed by atoms with van der Waals surface area (Å²) in [5.41, 5.74) is 11.1. The Morgan fingerprint density at radius 3 is 2.63 bits per heavy atom. The van der Waals surface area contributed by atoms with Crippen LogP contribution in [-0.2, 0) is 4.74 Å². The van der Waals surface area contributed by atoms with Crippen molar-refractivity contribution < 1.29 is 9.53 Å². The van der Waals surface area contributed by atoms with Crippen LogP contribution >= 0.6 is 12.2 Å². The Hall–Kier alpha value is -1.73. The highest BCUT2D eigenvalue weighted by Gasteiger charge is 2.09. The van der Waals surface area contributed by atoms with Crippen LogP contribution in [0.15, 0.2) is 18.3 Å². The highest BCUT2D eigenvalue weighted by atomic mass is 32.1. The van der Waals surface area contributed by atoms with E-state index >= 15 is 0 Å². The topological polar surface area (TPSA) is 94.5 Å². The number of nitrogens with two attached hydrogens (primary N) is 2. The molecule has 0 saturated carbocycles. The summed E-state index contributed by atoms with van der Waals surface area (Å²) in [4.78, 5) is 17.6. The van der Waals surface area contributed by atoms with Gasteiger partial charge < -0.3 is 21.1 Å². The van der Waals surface area contributed by atoms with E-state index in [4.69, 9.17) is 28.4 Å². The lowest BCUT2D eigenvalue weighted by molar-refractivity contribution is 0.1000. The highest BCUT2D eigenvalue weighted by molar-refractivity contribution is 7.80. The van der Waals surface area contributed by atoms with Crippen LogP contribution in [-0.4, -0.2) is 42.7 Å². The maximum absolute atomic E-state index is 11.0. The summed E-state index contributed by atoms with van der Waals surface area (Å²) < 4.78 is 5.05. The molecule has 0 bridgehead atoms. The maximum Gasteiger partial charge on any atom is 0.250 e. The number of ether oxygens (including phenoxy) is 1. The third-order valence-corrected chi connectivity index (χ3v) is 2.75. The third kappa shape index (κ3) is 5.19. The summed E-state index contributed by atoms with van der Waals surface area (Å²) >= 11 is 4.87. The van der Waals surface area contributed by atoms with Crippen LogP contribution < -0.4 is 16.4 Å². The second-order valence-corrected chi connectivity index (χ2v) is 4.49. The smallest absolute Gasteiger partial charge is 0.250 e. The second kappa shape index (κ2) is 7.65. The molecule has 4 N–H and O–H groups in total. The van der Waals surface area contributed by atoms with E-state index in [0.29, 0.717) is 36.7 Å². The molecule has 7 heteroatoms. The third-order valence-electron chi connectivity index (χ3n) is 2.55. The van der Waals surface area contributed by atoms with Crippen molar-refractivity contribution in [2.75, 3.05) is 31.7 Å². The van der Waals surface area contributed by atoms with Crippen molar-refractivity contribution in [1.82, 2.24) is 4.98 Å². The molecule has 0 unspecified atom stereocenters. The molecule has 1 heterocycles. The number of carbonyl (C=O) groups excluding carboxylic acids is 1. The number of aromatic nitrogens is 1. The summed E-state index contributed by atoms with van der Waals surface area (Å²) in [6.45, 7) is 1.89. The zero-order valence-corrected chi connectivity index (χ0v) is 11.7. The number of methoxy groups -OCH3 is 1. The molecule has 0 saturated heterocycles. The number of nitrogens with zero attached hydrogens (tertiary/aromatic N) is 2. The number of pyridine rings is 1. The van der Waals surface area contributed by atoms with Crippen molar-refractivity contribution in [2.45, 2.75) is 6.42 Å². The van der Waals surface area contributed by atoms with Crippen molar-refractivity contribution in [3.05, 3.63) is 23.9 Å². The molecule has 0 aliphatic heterocycles. The van der Waals surface area contributed by atoms with Crippen LogP contribution in [0.3, 0.4) is 0 Å². The number of anilines is 1. The predicted octanol–water partition coefficient (Wildman–Crippen LogP) is 0.310. The van der Waals surface area contributed by atoms with Crippen LogP contribution in [0.2, 0.25) is 0 Å². The number of rotatable bonds is 8. The van der Waals surface area contributed by atoms with Gasteiger partial charge in [0.2, 0.25) is 5.91 Å². The molecule has 1 amide bonds. The monoisotopic (exact) mass is 282 g/mol. The zero-order valence-electron chi connectivity index (χ0n) is 10.8. The van der Waals surface area contributed by atoms with E-state index < -0.39 is 5.91 Å². The first-order valence-corrected chi connectivity index (χ1v) is 6.23. The van der Waals surface area contributed by atoms with E-state index in [1.54, 1.807) is 19.2 Å². The van der Waals surface area contributed by atoms with Gasteiger partial charge >= 0.3 is 0 Å². The zero-order chi connectivity index (χ0) is 14.3. The molecule has 0 atom stereocenters. The SMILES string of the molecule is COCCN(CCC(N)=S)c1ccc(C(N)=O)cn1. The molecule has 0 aliphatic rings. The molecule has 104 valence electrons. The van der Waals surface area contributed by atoms with Crippen LogP contribution in [0.1, 0.15) is 16.8 Å². The van der Waals surface area contributed by atoms with Gasteiger partial charge in [-0.2, -0.15) is 0 Å². The van der Waals surface area contributed by atoms with Crippen molar-refractivity contribution >= 4 is 28.9 Å². The lowest BCUT2D eigenvalue weighted by Gasteiger charge is -2.23. The summed E-state index contributed by atoms with van der Waals surface area (Å²) in [6.07, 6.45) is 2.05. The maximum atomic E-state index is 11.0. The molecule has 0 aromatic carbocycles. The van der Waals surface area contributed by atoms with Gasteiger partial charge in [-0.15, -0.1) is 0 Å². The molecular weight excluding hydrogens is 264 g/mol. The van der Waals surface area contributed by atoms with Gasteiger partial charge in [0.25, 0.3) is 0 Å². The number of hydrogen-bond donors (Lipinski definition) is 2. The van der Waals surface area contributed by atoms with Gasteiger partial charge in [0.1, 0.15) is 5.82 Å². The quantitative estimate of drug-likeness (QED) is 0.666. The highest BCUT2D eigenvalue weighted by Crippen LogP contribution is 2.11. The molecule has 0 spiro atoms. The van der Waals surface area contributed by atoms with Gasteiger partial charge in [0.15, 0.2) is 0 Å². The number of primary amides is 1. The fraction of sp³-hybridized carbons (Fsp3) is 0.417. The van der Waals surface area contributed by atoms with Crippen LogP contribution in [0.4, 0.5) is 5.82 Å². The average molecular weight is 282 g/mol. The standard InChI is InChI=1S/C12H18N4O2S/c1-18-7-6-16(5-4-10(13)19)11-3-2-9(8-15-11)12(14)17/h2-3,8H,4-7H2,1H3,(H2,13,19)(H2,14,17). The fourth-order valence-corrected chi connectivity index (χ4v) is 1.60. The fourth-order valence-electron chi connectivity index (χ4n) is 1.51. The Balaban J connectivity index is 2.77. The first-order valence-electron chi connectivity index (χ1n) is 5.82. The van der Waals surface area contributed by atoms with Crippen molar-refractivity contribution in [3.63, 3.8) is 0 Å². The minimum Gasteiger partial charge on any atom is -0.393 e. The molecule has 0 aliphatic carbocycles. The van der Waals surface area contributed by atoms with E-state index in [1.807, 2.05) is 4.90 Å². The summed E-state index contributed by atoms with van der Waals surface area (Å²) in [5.74, 6) is 0.240. The van der Waals surface area contributed by atoms with Gasteiger partial charge in [-0.3, -0.25) is 4.79 Å². The molecule has 1 aromatic rings. The van der Waals surface area contributed by atoms with Crippen molar-refractivity contribution in [3.8, 4) is 0 Å². The number of amides is 1. The van der Waals surface area contributed by atoms with Gasteiger partial charge in [-0.25, -0.2) is 4.98 Å². The Labute approximate surface area is 117 Å². The van der Waals surface area contributed by atoms with E-state index in [-0.39, 0.29) is 0 Å². The van der Waals surface area contributed by atoms with Crippen molar-refractivity contribution in [2.24, 2.45) is 11.5 Å². The summed E-state index contributed by atoms with van der Waals surface area (Å²) in [5, 5.41) is 0. The molecule has 0 radical (unpaired) electrons. The van der Waals surface area contributed by atoms with Gasteiger partial charge in [0, 0.05) is 32.8 Å². The first-order chi connectivity index (χ1) is 9.04. The number of thiocarbonyl (C=S) groups is 1. The van der Waals surface area contributed by atoms with Crippen molar-refractivity contribution in [1.29, 1.82) is 0 Å². The molecule has 1 rings (SSSR count). The molecule has 19 heavy (non-hydrogen) atoms. The normalized spacial score (nSPS) is 10.2. The van der Waals surface area contributed by atoms with Crippen LogP contribution in [0.25, 0.3) is 0 Å². The average Bonchev–Trinajstić information content (AvgIpc) is 2.39.